The van der Waals surface area contributed by atoms with Gasteiger partial charge in [-0.25, -0.2) is 19.2 Å². The van der Waals surface area contributed by atoms with Crippen LogP contribution < -0.4 is 21.7 Å². The summed E-state index contributed by atoms with van der Waals surface area (Å²) in [7, 11) is 0. The Kier molecular flexibility index (Phi) is 11.1. The van der Waals surface area contributed by atoms with Gasteiger partial charge in [-0.1, -0.05) is 30.3 Å². The molecule has 0 spiro atoms. The predicted molar refractivity (Wildman–Crippen MR) is 132 cm³/mol. The highest BCUT2D eigenvalue weighted by molar-refractivity contribution is 5.95. The average molecular weight is 507 g/mol. The molecule has 0 aliphatic carbocycles. The Balaban J connectivity index is 1.79. The van der Waals surface area contributed by atoms with Crippen LogP contribution in [-0.4, -0.2) is 60.9 Å². The molecule has 11 heteroatoms. The maximum absolute atomic E-state index is 13.0. The standard InChI is InChI=1S/C25H38N4O7/c1-24(2,3)36-22(32)28-14-8-7-11-19(26)20(30)35-21(31)25(12-15-27-16-13-25)29-23(33)34-17-18-9-5-4-6-10-18/h4-6,9-10,19,27H,7-8,11-17,26H2,1-3H3,(H,28,32)(H,29,33). The second-order valence-corrected chi connectivity index (χ2v) is 9.76. The van der Waals surface area contributed by atoms with E-state index in [1.54, 1.807) is 20.8 Å². The molecule has 1 saturated heterocycles. The van der Waals surface area contributed by atoms with Crippen molar-refractivity contribution in [2.75, 3.05) is 19.6 Å². The molecule has 2 rings (SSSR count). The number of amides is 2. The van der Waals surface area contributed by atoms with Crippen LogP contribution in [0.1, 0.15) is 58.4 Å². The molecule has 1 aromatic carbocycles. The van der Waals surface area contributed by atoms with E-state index in [4.69, 9.17) is 19.9 Å². The Hall–Kier alpha value is -3.18. The Morgan fingerprint density at radius 1 is 1.06 bits per heavy atom. The molecule has 0 bridgehead atoms. The van der Waals surface area contributed by atoms with Crippen molar-refractivity contribution in [3.05, 3.63) is 35.9 Å². The minimum atomic E-state index is -1.38. The first-order valence-electron chi connectivity index (χ1n) is 12.2. The van der Waals surface area contributed by atoms with Crippen LogP contribution in [-0.2, 0) is 30.4 Å². The number of esters is 2. The fourth-order valence-corrected chi connectivity index (χ4v) is 3.56. The largest absolute Gasteiger partial charge is 0.445 e. The van der Waals surface area contributed by atoms with Crippen LogP contribution in [0.25, 0.3) is 0 Å². The van der Waals surface area contributed by atoms with Crippen LogP contribution in [0.4, 0.5) is 9.59 Å². The number of benzene rings is 1. The van der Waals surface area contributed by atoms with E-state index in [9.17, 15) is 19.2 Å². The smallest absolute Gasteiger partial charge is 0.408 e. The average Bonchev–Trinajstić information content (AvgIpc) is 2.82. The van der Waals surface area contributed by atoms with Crippen molar-refractivity contribution in [2.24, 2.45) is 5.73 Å². The van der Waals surface area contributed by atoms with Crippen LogP contribution in [0.2, 0.25) is 0 Å². The fraction of sp³-hybridized carbons (Fsp3) is 0.600. The van der Waals surface area contributed by atoms with Crippen molar-refractivity contribution < 1.29 is 33.4 Å². The maximum atomic E-state index is 13.0. The number of piperidine rings is 1. The Morgan fingerprint density at radius 3 is 2.36 bits per heavy atom. The van der Waals surface area contributed by atoms with Crippen molar-refractivity contribution in [3.8, 4) is 0 Å². The van der Waals surface area contributed by atoms with Gasteiger partial charge in [0.05, 0.1) is 0 Å². The van der Waals surface area contributed by atoms with E-state index in [0.717, 1.165) is 5.56 Å². The van der Waals surface area contributed by atoms with Gasteiger partial charge in [0, 0.05) is 6.54 Å². The SMILES string of the molecule is CC(C)(C)OC(=O)NCCCCC(N)C(=O)OC(=O)C1(NC(=O)OCc2ccccc2)CCNCC1. The number of nitrogens with one attached hydrogen (secondary N) is 3. The molecule has 0 radical (unpaired) electrons. The Labute approximate surface area is 211 Å². The fourth-order valence-electron chi connectivity index (χ4n) is 3.56. The Bertz CT molecular complexity index is 880. The maximum Gasteiger partial charge on any atom is 0.408 e. The third-order valence-electron chi connectivity index (χ3n) is 5.51. The number of hydrogen-bond acceptors (Lipinski definition) is 9. The zero-order valence-corrected chi connectivity index (χ0v) is 21.3. The summed E-state index contributed by atoms with van der Waals surface area (Å²) < 4.78 is 15.5. The summed E-state index contributed by atoms with van der Waals surface area (Å²) in [6, 6.07) is 8.12. The summed E-state index contributed by atoms with van der Waals surface area (Å²) in [6.45, 7) is 6.64. The molecule has 0 aromatic heterocycles. The molecule has 1 aromatic rings. The van der Waals surface area contributed by atoms with E-state index in [1.807, 2.05) is 30.3 Å². The number of unbranched alkanes of at least 4 members (excludes halogenated alkanes) is 1. The van der Waals surface area contributed by atoms with E-state index in [0.29, 0.717) is 32.5 Å². The van der Waals surface area contributed by atoms with Gasteiger partial charge in [-0.2, -0.15) is 0 Å². The lowest BCUT2D eigenvalue weighted by molar-refractivity contribution is -0.166. The van der Waals surface area contributed by atoms with Gasteiger partial charge in [0.1, 0.15) is 23.8 Å². The summed E-state index contributed by atoms with van der Waals surface area (Å²) in [5.41, 5.74) is 4.75. The molecule has 2 amide bonds. The molecule has 200 valence electrons. The van der Waals surface area contributed by atoms with Crippen LogP contribution in [0.5, 0.6) is 0 Å². The monoisotopic (exact) mass is 506 g/mol. The minimum Gasteiger partial charge on any atom is -0.445 e. The molecule has 1 aliphatic heterocycles. The van der Waals surface area contributed by atoms with Crippen molar-refractivity contribution in [1.82, 2.24) is 16.0 Å². The van der Waals surface area contributed by atoms with Crippen molar-refractivity contribution >= 4 is 24.1 Å². The van der Waals surface area contributed by atoms with Gasteiger partial charge in [-0.05, 0) is 71.5 Å². The summed E-state index contributed by atoms with van der Waals surface area (Å²) in [6.07, 6.45) is 0.558. The molecular formula is C25H38N4O7. The van der Waals surface area contributed by atoms with Crippen molar-refractivity contribution in [1.29, 1.82) is 0 Å². The normalized spacial score (nSPS) is 15.8. The Morgan fingerprint density at radius 2 is 1.72 bits per heavy atom. The van der Waals surface area contributed by atoms with Crippen LogP contribution >= 0.6 is 0 Å². The van der Waals surface area contributed by atoms with Gasteiger partial charge in [-0.15, -0.1) is 0 Å². The molecular weight excluding hydrogens is 468 g/mol. The van der Waals surface area contributed by atoms with Gasteiger partial charge in [-0.3, -0.25) is 0 Å². The van der Waals surface area contributed by atoms with Crippen molar-refractivity contribution in [3.63, 3.8) is 0 Å². The molecule has 0 saturated carbocycles. The first-order valence-corrected chi connectivity index (χ1v) is 12.2. The second kappa shape index (κ2) is 13.8. The number of hydrogen-bond donors (Lipinski definition) is 4. The summed E-state index contributed by atoms with van der Waals surface area (Å²) >= 11 is 0. The third-order valence-corrected chi connectivity index (χ3v) is 5.51. The van der Waals surface area contributed by atoms with Crippen LogP contribution in [0.15, 0.2) is 30.3 Å². The summed E-state index contributed by atoms with van der Waals surface area (Å²) in [4.78, 5) is 49.5. The van der Waals surface area contributed by atoms with Crippen LogP contribution in [0.3, 0.4) is 0 Å². The summed E-state index contributed by atoms with van der Waals surface area (Å²) in [5, 5.41) is 8.36. The van der Waals surface area contributed by atoms with Gasteiger partial charge in [0.25, 0.3) is 0 Å². The van der Waals surface area contributed by atoms with Gasteiger partial charge >= 0.3 is 24.1 Å². The summed E-state index contributed by atoms with van der Waals surface area (Å²) in [5.74, 6) is -1.72. The van der Waals surface area contributed by atoms with E-state index in [1.165, 1.54) is 0 Å². The lowest BCUT2D eigenvalue weighted by Crippen LogP contribution is -2.60. The number of carbonyl (C=O) groups is 4. The predicted octanol–water partition coefficient (Wildman–Crippen LogP) is 2.13. The number of nitrogens with two attached hydrogens (primary N) is 1. The highest BCUT2D eigenvalue weighted by Crippen LogP contribution is 2.21. The highest BCUT2D eigenvalue weighted by atomic mass is 16.6. The minimum absolute atomic E-state index is 0.0443. The highest BCUT2D eigenvalue weighted by Gasteiger charge is 2.44. The molecule has 1 aliphatic rings. The third kappa shape index (κ3) is 10.2. The lowest BCUT2D eigenvalue weighted by Gasteiger charge is -2.35. The van der Waals surface area contributed by atoms with Gasteiger partial charge in [0.2, 0.25) is 0 Å². The second-order valence-electron chi connectivity index (χ2n) is 9.76. The van der Waals surface area contributed by atoms with E-state index < -0.39 is 41.3 Å². The van der Waals surface area contributed by atoms with E-state index >= 15 is 0 Å². The van der Waals surface area contributed by atoms with Crippen molar-refractivity contribution in [2.45, 2.75) is 76.7 Å². The number of ether oxygens (including phenoxy) is 3. The molecule has 1 heterocycles. The van der Waals surface area contributed by atoms with Gasteiger partial charge < -0.3 is 35.9 Å². The first-order chi connectivity index (χ1) is 17.0. The first kappa shape index (κ1) is 29.1. The molecule has 5 N–H and O–H groups in total. The number of alkyl carbamates (subject to hydrolysis) is 2. The lowest BCUT2D eigenvalue weighted by atomic mass is 9.88. The molecule has 1 unspecified atom stereocenters. The topological polar surface area (TPSA) is 158 Å². The molecule has 11 nitrogen and oxygen atoms in total. The van der Waals surface area contributed by atoms with Gasteiger partial charge in [0.15, 0.2) is 0 Å². The van der Waals surface area contributed by atoms with Crippen LogP contribution in [0, 0.1) is 0 Å². The zero-order valence-electron chi connectivity index (χ0n) is 21.3. The quantitative estimate of drug-likeness (QED) is 0.161. The number of rotatable bonds is 10. The molecule has 1 fully saturated rings. The number of carbonyl (C=O) groups excluding carboxylic acids is 4. The zero-order chi connectivity index (χ0) is 26.6. The van der Waals surface area contributed by atoms with E-state index in [2.05, 4.69) is 16.0 Å². The molecule has 36 heavy (non-hydrogen) atoms. The van der Waals surface area contributed by atoms with E-state index in [-0.39, 0.29) is 25.9 Å². The molecule has 1 atom stereocenters.